The summed E-state index contributed by atoms with van der Waals surface area (Å²) in [6, 6.07) is 65.6. The van der Waals surface area contributed by atoms with Gasteiger partial charge >= 0.3 is 0 Å². The highest BCUT2D eigenvalue weighted by Crippen LogP contribution is 2.43. The van der Waals surface area contributed by atoms with E-state index >= 15 is 0 Å². The van der Waals surface area contributed by atoms with Crippen LogP contribution in [0, 0.1) is 0 Å². The Bertz CT molecular complexity index is 3160. The lowest BCUT2D eigenvalue weighted by molar-refractivity contribution is 0.670. The molecule has 0 bridgehead atoms. The fraction of sp³-hybridized carbons (Fsp3) is 0. The van der Waals surface area contributed by atoms with Crippen molar-refractivity contribution < 1.29 is 4.42 Å². The summed E-state index contributed by atoms with van der Waals surface area (Å²) in [7, 11) is 0. The Morgan fingerprint density at radius 2 is 0.875 bits per heavy atom. The highest BCUT2D eigenvalue weighted by molar-refractivity contribution is 7.25. The molecule has 0 aliphatic rings. The summed E-state index contributed by atoms with van der Waals surface area (Å²) in [5, 5.41) is 4.51. The van der Waals surface area contributed by atoms with Crippen molar-refractivity contribution in [1.29, 1.82) is 0 Å². The zero-order chi connectivity index (χ0) is 37.0. The molecule has 8 aromatic carbocycles. The first kappa shape index (κ1) is 32.2. The van der Waals surface area contributed by atoms with E-state index in [0.29, 0.717) is 17.5 Å². The van der Waals surface area contributed by atoms with Crippen molar-refractivity contribution in [2.24, 2.45) is 0 Å². The van der Waals surface area contributed by atoms with Crippen LogP contribution >= 0.6 is 11.3 Å². The molecule has 0 aliphatic heterocycles. The van der Waals surface area contributed by atoms with E-state index in [1.165, 1.54) is 20.2 Å². The van der Waals surface area contributed by atoms with E-state index in [4.69, 9.17) is 19.4 Å². The molecule has 262 valence electrons. The molecule has 0 aliphatic carbocycles. The number of rotatable bonds is 6. The molecule has 4 nitrogen and oxygen atoms in total. The van der Waals surface area contributed by atoms with Gasteiger partial charge in [-0.05, 0) is 76.3 Å². The Balaban J connectivity index is 1.14. The summed E-state index contributed by atoms with van der Waals surface area (Å²) in [6.07, 6.45) is 0. The first-order chi connectivity index (χ1) is 27.7. The Morgan fingerprint density at radius 1 is 0.339 bits per heavy atom. The maximum atomic E-state index is 6.77. The minimum absolute atomic E-state index is 0.586. The van der Waals surface area contributed by atoms with E-state index in [-0.39, 0.29) is 0 Å². The van der Waals surface area contributed by atoms with Crippen LogP contribution in [0.3, 0.4) is 0 Å². The smallest absolute Gasteiger partial charge is 0.164 e. The van der Waals surface area contributed by atoms with Crippen molar-refractivity contribution in [3.8, 4) is 67.5 Å². The quantitative estimate of drug-likeness (QED) is 0.171. The summed E-state index contributed by atoms with van der Waals surface area (Å²) in [5.41, 5.74) is 10.9. The van der Waals surface area contributed by atoms with Gasteiger partial charge in [0.2, 0.25) is 0 Å². The van der Waals surface area contributed by atoms with Crippen LogP contribution in [0.4, 0.5) is 0 Å². The molecule has 0 saturated heterocycles. The Labute approximate surface area is 327 Å². The third-order valence-electron chi connectivity index (χ3n) is 10.5. The van der Waals surface area contributed by atoms with Crippen molar-refractivity contribution in [3.63, 3.8) is 0 Å². The van der Waals surface area contributed by atoms with Gasteiger partial charge in [-0.1, -0.05) is 140 Å². The summed E-state index contributed by atoms with van der Waals surface area (Å²) >= 11 is 1.82. The van der Waals surface area contributed by atoms with Crippen LogP contribution in [-0.4, -0.2) is 15.0 Å². The lowest BCUT2D eigenvalue weighted by atomic mass is 9.97. The van der Waals surface area contributed by atoms with Gasteiger partial charge in [-0.2, -0.15) is 0 Å². The minimum Gasteiger partial charge on any atom is -0.455 e. The molecule has 0 spiro atoms. The molecule has 0 fully saturated rings. The fourth-order valence-electron chi connectivity index (χ4n) is 7.83. The van der Waals surface area contributed by atoms with Gasteiger partial charge < -0.3 is 4.42 Å². The molecule has 0 atom stereocenters. The van der Waals surface area contributed by atoms with Gasteiger partial charge in [-0.25, -0.2) is 15.0 Å². The summed E-state index contributed by atoms with van der Waals surface area (Å²) in [4.78, 5) is 15.7. The van der Waals surface area contributed by atoms with E-state index in [1.54, 1.807) is 0 Å². The molecule has 0 N–H and O–H groups in total. The van der Waals surface area contributed by atoms with Crippen LogP contribution in [0.25, 0.3) is 110 Å². The number of nitrogens with zero attached hydrogens (tertiary/aromatic N) is 3. The molecular formula is C51H31N3OS. The Hall–Kier alpha value is -7.21. The van der Waals surface area contributed by atoms with E-state index in [1.807, 2.05) is 35.6 Å². The lowest BCUT2D eigenvalue weighted by Crippen LogP contribution is -2.01. The predicted molar refractivity (Wildman–Crippen MR) is 233 cm³/mol. The van der Waals surface area contributed by atoms with Gasteiger partial charge in [0.15, 0.2) is 17.5 Å². The Kier molecular flexibility index (Phi) is 7.64. The number of aromatic nitrogens is 3. The van der Waals surface area contributed by atoms with Crippen molar-refractivity contribution in [2.45, 2.75) is 0 Å². The molecule has 0 amide bonds. The molecular weight excluding hydrogens is 703 g/mol. The monoisotopic (exact) mass is 733 g/mol. The third kappa shape index (κ3) is 5.56. The molecule has 0 saturated carbocycles. The number of benzene rings is 8. The second-order valence-electron chi connectivity index (χ2n) is 14.0. The average molecular weight is 734 g/mol. The van der Waals surface area contributed by atoms with Gasteiger partial charge in [-0.3, -0.25) is 0 Å². The highest BCUT2D eigenvalue weighted by atomic mass is 32.1. The summed E-state index contributed by atoms with van der Waals surface area (Å²) < 4.78 is 9.33. The third-order valence-corrected chi connectivity index (χ3v) is 11.7. The van der Waals surface area contributed by atoms with Crippen molar-refractivity contribution in [1.82, 2.24) is 15.0 Å². The normalized spacial score (nSPS) is 11.6. The zero-order valence-corrected chi connectivity index (χ0v) is 30.9. The van der Waals surface area contributed by atoms with Crippen molar-refractivity contribution in [2.75, 3.05) is 0 Å². The summed E-state index contributed by atoms with van der Waals surface area (Å²) in [5.74, 6) is 1.79. The number of fused-ring (bicyclic) bond motifs is 6. The zero-order valence-electron chi connectivity index (χ0n) is 30.1. The molecule has 56 heavy (non-hydrogen) atoms. The molecule has 0 radical (unpaired) electrons. The number of hydrogen-bond acceptors (Lipinski definition) is 5. The van der Waals surface area contributed by atoms with Gasteiger partial charge in [0.05, 0.1) is 0 Å². The maximum Gasteiger partial charge on any atom is 0.164 e. The van der Waals surface area contributed by atoms with E-state index in [2.05, 4.69) is 164 Å². The maximum absolute atomic E-state index is 6.77. The van der Waals surface area contributed by atoms with Crippen LogP contribution in [0.1, 0.15) is 0 Å². The van der Waals surface area contributed by atoms with E-state index < -0.39 is 0 Å². The molecule has 5 heteroatoms. The lowest BCUT2D eigenvalue weighted by Gasteiger charge is -2.12. The first-order valence-electron chi connectivity index (χ1n) is 18.7. The van der Waals surface area contributed by atoms with E-state index in [9.17, 15) is 0 Å². The fourth-order valence-corrected chi connectivity index (χ4v) is 8.91. The SMILES string of the molecule is c1ccc(-c2cccc(-c3nc(-c4cccc(-c5ccccc5)c4)nc(-c4ccc(-c5ccc6sc7ccccc7c6c5)c5oc6ccccc6c45)n3)c2)cc1. The second-order valence-corrected chi connectivity index (χ2v) is 15.1. The highest BCUT2D eigenvalue weighted by Gasteiger charge is 2.21. The number of thiophene rings is 1. The first-order valence-corrected chi connectivity index (χ1v) is 19.5. The van der Waals surface area contributed by atoms with Crippen LogP contribution in [0.2, 0.25) is 0 Å². The second kappa shape index (κ2) is 13.3. The van der Waals surface area contributed by atoms with Crippen molar-refractivity contribution >= 4 is 53.4 Å². The average Bonchev–Trinajstić information content (AvgIpc) is 3.85. The molecule has 11 rings (SSSR count). The topological polar surface area (TPSA) is 51.8 Å². The van der Waals surface area contributed by atoms with Crippen LogP contribution in [-0.2, 0) is 0 Å². The standard InChI is InChI=1S/C51H31N3OS/c1-3-13-32(14-4-1)34-17-11-19-37(29-34)49-52-50(38-20-12-18-35(30-38)33-15-5-2-6-16-33)54-51(53-49)42-27-26-39(48-47(42)41-22-7-9-23-44(41)55-48)36-25-28-46-43(31-36)40-21-8-10-24-45(40)56-46/h1-31H. The van der Waals surface area contributed by atoms with Crippen LogP contribution < -0.4 is 0 Å². The Morgan fingerprint density at radius 3 is 1.57 bits per heavy atom. The number of furan rings is 1. The predicted octanol–water partition coefficient (Wildman–Crippen LogP) is 14.1. The summed E-state index contributed by atoms with van der Waals surface area (Å²) in [6.45, 7) is 0. The molecule has 3 heterocycles. The van der Waals surface area contributed by atoms with E-state index in [0.717, 1.165) is 72.0 Å². The minimum atomic E-state index is 0.586. The van der Waals surface area contributed by atoms with Gasteiger partial charge in [-0.15, -0.1) is 11.3 Å². The van der Waals surface area contributed by atoms with Gasteiger partial charge in [0, 0.05) is 53.2 Å². The largest absolute Gasteiger partial charge is 0.455 e. The number of para-hydroxylation sites is 1. The van der Waals surface area contributed by atoms with Gasteiger partial charge in [0.1, 0.15) is 11.2 Å². The van der Waals surface area contributed by atoms with Crippen LogP contribution in [0.5, 0.6) is 0 Å². The van der Waals surface area contributed by atoms with Crippen LogP contribution in [0.15, 0.2) is 192 Å². The molecule has 0 unspecified atom stereocenters. The van der Waals surface area contributed by atoms with Gasteiger partial charge in [0.25, 0.3) is 0 Å². The molecule has 11 aromatic rings. The molecule has 3 aromatic heterocycles. The van der Waals surface area contributed by atoms with Crippen molar-refractivity contribution in [3.05, 3.63) is 188 Å². The number of hydrogen-bond donors (Lipinski definition) is 0.